The van der Waals surface area contributed by atoms with Gasteiger partial charge in [0.1, 0.15) is 6.04 Å². The number of benzene rings is 2. The van der Waals surface area contributed by atoms with E-state index in [2.05, 4.69) is 5.32 Å². The second-order valence-electron chi connectivity index (χ2n) is 7.23. The van der Waals surface area contributed by atoms with Crippen LogP contribution in [0.15, 0.2) is 41.3 Å². The van der Waals surface area contributed by atoms with Crippen LogP contribution in [0.25, 0.3) is 0 Å². The van der Waals surface area contributed by atoms with E-state index in [0.717, 1.165) is 27.6 Å². The average Bonchev–Trinajstić information content (AvgIpc) is 3.01. The minimum Gasteiger partial charge on any atom is -0.490 e. The third-order valence-electron chi connectivity index (χ3n) is 5.37. The molecule has 4 rings (SSSR count). The molecule has 0 bridgehead atoms. The highest BCUT2D eigenvalue weighted by atomic mass is 32.2. The number of nitrogens with one attached hydrogen (secondary N) is 1. The number of carbonyl (C=O) groups excluding carboxylic acids is 1. The van der Waals surface area contributed by atoms with Crippen LogP contribution < -0.4 is 14.8 Å². The first-order chi connectivity index (χ1) is 14.8. The molecule has 10 nitrogen and oxygen atoms in total. The van der Waals surface area contributed by atoms with Gasteiger partial charge in [-0.3, -0.25) is 14.9 Å². The summed E-state index contributed by atoms with van der Waals surface area (Å²) in [5.74, 6) is -0.249. The second kappa shape index (κ2) is 8.16. The Balaban J connectivity index is 1.85. The summed E-state index contributed by atoms with van der Waals surface area (Å²) in [4.78, 5) is 23.0. The highest BCUT2D eigenvalue weighted by Gasteiger charge is 2.42. The fourth-order valence-corrected chi connectivity index (χ4v) is 5.52. The van der Waals surface area contributed by atoms with E-state index in [4.69, 9.17) is 9.47 Å². The van der Waals surface area contributed by atoms with Crippen LogP contribution in [0.3, 0.4) is 0 Å². The molecule has 164 valence electrons. The van der Waals surface area contributed by atoms with Crippen LogP contribution in [0.1, 0.15) is 17.5 Å². The van der Waals surface area contributed by atoms with Crippen molar-refractivity contribution in [3.63, 3.8) is 0 Å². The van der Waals surface area contributed by atoms with Gasteiger partial charge in [0, 0.05) is 26.1 Å². The molecule has 1 atom stereocenters. The Morgan fingerprint density at radius 2 is 1.81 bits per heavy atom. The van der Waals surface area contributed by atoms with Gasteiger partial charge in [0.25, 0.3) is 15.7 Å². The first kappa shape index (κ1) is 21.1. The zero-order valence-electron chi connectivity index (χ0n) is 16.7. The lowest BCUT2D eigenvalue weighted by molar-refractivity contribution is -0.388. The summed E-state index contributed by atoms with van der Waals surface area (Å²) in [5.41, 5.74) is 0.970. The molecule has 2 heterocycles. The molecule has 0 saturated heterocycles. The van der Waals surface area contributed by atoms with Crippen molar-refractivity contribution in [1.29, 1.82) is 0 Å². The van der Waals surface area contributed by atoms with Crippen LogP contribution in [0.2, 0.25) is 0 Å². The zero-order chi connectivity index (χ0) is 22.2. The molecule has 1 N–H and O–H groups in total. The van der Waals surface area contributed by atoms with Gasteiger partial charge in [-0.15, -0.1) is 0 Å². The van der Waals surface area contributed by atoms with E-state index in [0.29, 0.717) is 19.6 Å². The number of likely N-dealkylation sites (N-methyl/N-ethyl adjacent to an activating group) is 1. The zero-order valence-corrected chi connectivity index (χ0v) is 17.6. The molecule has 0 aliphatic carbocycles. The number of fused-ring (bicyclic) bond motifs is 2. The molecular formula is C20H21N3O7S. The average molecular weight is 447 g/mol. The predicted molar refractivity (Wildman–Crippen MR) is 109 cm³/mol. The van der Waals surface area contributed by atoms with Crippen LogP contribution in [0.4, 0.5) is 5.69 Å². The molecule has 11 heteroatoms. The van der Waals surface area contributed by atoms with Crippen molar-refractivity contribution >= 4 is 21.6 Å². The minimum absolute atomic E-state index is 0.0812. The molecule has 2 aliphatic rings. The molecule has 1 amide bonds. The lowest BCUT2D eigenvalue weighted by Gasteiger charge is -2.34. The van der Waals surface area contributed by atoms with Gasteiger partial charge in [0.15, 0.2) is 16.4 Å². The summed E-state index contributed by atoms with van der Waals surface area (Å²) in [6, 6.07) is 8.36. The topological polar surface area (TPSA) is 128 Å². The molecule has 0 radical (unpaired) electrons. The first-order valence-corrected chi connectivity index (χ1v) is 11.1. The van der Waals surface area contributed by atoms with E-state index >= 15 is 0 Å². The first-order valence-electron chi connectivity index (χ1n) is 9.71. The number of sulfonamides is 1. The third-order valence-corrected chi connectivity index (χ3v) is 7.25. The predicted octanol–water partition coefficient (Wildman–Crippen LogP) is 1.62. The van der Waals surface area contributed by atoms with Crippen molar-refractivity contribution < 1.29 is 27.6 Å². The van der Waals surface area contributed by atoms with Crippen LogP contribution in [0.5, 0.6) is 11.5 Å². The van der Waals surface area contributed by atoms with Crippen molar-refractivity contribution in [3.8, 4) is 11.5 Å². The number of rotatable bonds is 4. The lowest BCUT2D eigenvalue weighted by atomic mass is 9.95. The Hall–Kier alpha value is -3.18. The minimum atomic E-state index is -4.43. The van der Waals surface area contributed by atoms with E-state index in [9.17, 15) is 23.3 Å². The highest BCUT2D eigenvalue weighted by Crippen LogP contribution is 2.40. The maximum Gasteiger partial charge on any atom is 0.293 e. The van der Waals surface area contributed by atoms with Crippen LogP contribution in [0, 0.1) is 10.1 Å². The summed E-state index contributed by atoms with van der Waals surface area (Å²) < 4.78 is 39.4. The number of ether oxygens (including phenoxy) is 2. The number of hydrogen-bond acceptors (Lipinski definition) is 7. The molecule has 0 fully saturated rings. The van der Waals surface area contributed by atoms with Gasteiger partial charge in [0.2, 0.25) is 5.91 Å². The Morgan fingerprint density at radius 1 is 1.16 bits per heavy atom. The number of carbonyl (C=O) groups is 1. The van der Waals surface area contributed by atoms with E-state index in [-0.39, 0.29) is 24.5 Å². The van der Waals surface area contributed by atoms with E-state index in [1.165, 1.54) is 7.05 Å². The summed E-state index contributed by atoms with van der Waals surface area (Å²) in [6.45, 7) is 0.516. The quantitative estimate of drug-likeness (QED) is 0.557. The van der Waals surface area contributed by atoms with Crippen molar-refractivity contribution in [2.75, 3.05) is 20.3 Å². The molecule has 31 heavy (non-hydrogen) atoms. The highest BCUT2D eigenvalue weighted by molar-refractivity contribution is 7.89. The van der Waals surface area contributed by atoms with E-state index in [1.54, 1.807) is 12.1 Å². The molecule has 2 aromatic rings. The normalized spacial score (nSPS) is 18.5. The van der Waals surface area contributed by atoms with Gasteiger partial charge < -0.3 is 14.8 Å². The smallest absolute Gasteiger partial charge is 0.293 e. The Kier molecular flexibility index (Phi) is 5.54. The van der Waals surface area contributed by atoms with Gasteiger partial charge in [-0.25, -0.2) is 8.42 Å². The Labute approximate surface area is 179 Å². The molecule has 0 aromatic heterocycles. The van der Waals surface area contributed by atoms with E-state index < -0.39 is 37.5 Å². The van der Waals surface area contributed by atoms with E-state index in [1.807, 2.05) is 12.1 Å². The molecule has 2 aromatic carbocycles. The van der Waals surface area contributed by atoms with Gasteiger partial charge in [-0.1, -0.05) is 24.3 Å². The maximum atomic E-state index is 13.7. The van der Waals surface area contributed by atoms with Crippen molar-refractivity contribution in [2.45, 2.75) is 30.3 Å². The van der Waals surface area contributed by atoms with Crippen LogP contribution in [-0.4, -0.2) is 49.9 Å². The van der Waals surface area contributed by atoms with Gasteiger partial charge in [-0.2, -0.15) is 4.31 Å². The molecule has 0 saturated carbocycles. The number of nitro groups is 1. The van der Waals surface area contributed by atoms with Gasteiger partial charge in [0.05, 0.1) is 24.2 Å². The second-order valence-corrected chi connectivity index (χ2v) is 9.09. The Bertz CT molecular complexity index is 1150. The van der Waals surface area contributed by atoms with Crippen molar-refractivity contribution in [3.05, 3.63) is 57.6 Å². The van der Waals surface area contributed by atoms with Crippen LogP contribution >= 0.6 is 0 Å². The van der Waals surface area contributed by atoms with Crippen molar-refractivity contribution in [1.82, 2.24) is 9.62 Å². The lowest BCUT2D eigenvalue weighted by Crippen LogP contribution is -2.51. The molecule has 0 unspecified atom stereocenters. The number of nitrogens with zero attached hydrogens (tertiary/aromatic N) is 2. The molecule has 0 spiro atoms. The summed E-state index contributed by atoms with van der Waals surface area (Å²) in [7, 11) is -3.01. The SMILES string of the molecule is CNC(=O)[C@H]1Cc2ccccc2CN1S(=O)(=O)c1cc2c(cc1[N+](=O)[O-])OCCCO2. The van der Waals surface area contributed by atoms with Gasteiger partial charge >= 0.3 is 0 Å². The number of nitro benzene ring substituents is 1. The number of amides is 1. The third kappa shape index (κ3) is 3.81. The Morgan fingerprint density at radius 3 is 2.45 bits per heavy atom. The van der Waals surface area contributed by atoms with Gasteiger partial charge in [-0.05, 0) is 17.5 Å². The van der Waals surface area contributed by atoms with Crippen molar-refractivity contribution in [2.24, 2.45) is 0 Å². The van der Waals surface area contributed by atoms with Crippen LogP contribution in [-0.2, 0) is 27.8 Å². The molecular weight excluding hydrogens is 426 g/mol. The maximum absolute atomic E-state index is 13.7. The fraction of sp³-hybridized carbons (Fsp3) is 0.350. The monoisotopic (exact) mass is 447 g/mol. The standard InChI is InChI=1S/C20H21N3O7S/c1-21-20(24)16-9-13-5-2-3-6-14(13)12-22(16)31(27,28)19-11-18-17(10-15(19)23(25)26)29-7-4-8-30-18/h2-3,5-6,10-11,16H,4,7-9,12H2,1H3,(H,21,24)/t16-/m1/s1. The summed E-state index contributed by atoms with van der Waals surface area (Å²) in [6.07, 6.45) is 0.722. The summed E-state index contributed by atoms with van der Waals surface area (Å²) in [5, 5.41) is 14.2. The summed E-state index contributed by atoms with van der Waals surface area (Å²) >= 11 is 0. The fourth-order valence-electron chi connectivity index (χ4n) is 3.80. The number of hydrogen-bond donors (Lipinski definition) is 1. The molecule has 2 aliphatic heterocycles. The largest absolute Gasteiger partial charge is 0.490 e.